The van der Waals surface area contributed by atoms with Gasteiger partial charge in [-0.2, -0.15) is 0 Å². The lowest BCUT2D eigenvalue weighted by Gasteiger charge is -2.11. The summed E-state index contributed by atoms with van der Waals surface area (Å²) in [4.78, 5) is 0. The maximum atomic E-state index is 13.0. The molecule has 2 nitrogen and oxygen atoms in total. The van der Waals surface area contributed by atoms with Crippen LogP contribution in [0.5, 0.6) is 5.75 Å². The Hall–Kier alpha value is -1.58. The molecule has 0 aromatic heterocycles. The van der Waals surface area contributed by atoms with Crippen molar-refractivity contribution in [1.82, 2.24) is 0 Å². The van der Waals surface area contributed by atoms with E-state index in [4.69, 9.17) is 22.1 Å². The second kappa shape index (κ2) is 6.73. The molecule has 0 aliphatic heterocycles. The number of halogens is 2. The summed E-state index contributed by atoms with van der Waals surface area (Å²) in [7, 11) is 0. The predicted octanol–water partition coefficient (Wildman–Crippen LogP) is 4.47. The third-order valence-electron chi connectivity index (χ3n) is 3.14. The normalized spacial score (nSPS) is 12.2. The number of benzene rings is 2. The summed E-state index contributed by atoms with van der Waals surface area (Å²) in [5.41, 5.74) is 7.86. The molecule has 0 saturated heterocycles. The Morgan fingerprint density at radius 1 is 1.20 bits per heavy atom. The van der Waals surface area contributed by atoms with Crippen LogP contribution in [0.15, 0.2) is 42.5 Å². The van der Waals surface area contributed by atoms with Crippen molar-refractivity contribution in [3.05, 3.63) is 64.4 Å². The van der Waals surface area contributed by atoms with Gasteiger partial charge >= 0.3 is 0 Å². The fourth-order valence-corrected chi connectivity index (χ4v) is 2.05. The molecule has 0 aliphatic rings. The molecular formula is C16H17ClFNO. The molecule has 0 radical (unpaired) electrons. The number of hydrogen-bond acceptors (Lipinski definition) is 2. The van der Waals surface area contributed by atoms with Gasteiger partial charge < -0.3 is 10.5 Å². The van der Waals surface area contributed by atoms with Crippen LogP contribution in [0.2, 0.25) is 5.02 Å². The molecule has 0 aliphatic carbocycles. The van der Waals surface area contributed by atoms with E-state index in [2.05, 4.69) is 0 Å². The summed E-state index contributed by atoms with van der Waals surface area (Å²) in [6.45, 7) is 2.40. The zero-order valence-electron chi connectivity index (χ0n) is 11.3. The molecule has 0 amide bonds. The predicted molar refractivity (Wildman–Crippen MR) is 79.4 cm³/mol. The SMILES string of the molecule is CC[C@H](N)c1ccc(OCc2ccc(F)c(Cl)c2)cc1. The highest BCUT2D eigenvalue weighted by atomic mass is 35.5. The highest BCUT2D eigenvalue weighted by Gasteiger charge is 2.04. The highest BCUT2D eigenvalue weighted by Crippen LogP contribution is 2.20. The minimum absolute atomic E-state index is 0.0555. The topological polar surface area (TPSA) is 35.2 Å². The summed E-state index contributed by atoms with van der Waals surface area (Å²) in [6, 6.07) is 12.3. The van der Waals surface area contributed by atoms with Gasteiger partial charge in [0.05, 0.1) is 5.02 Å². The Bertz CT molecular complexity index is 571. The van der Waals surface area contributed by atoms with Crippen molar-refractivity contribution in [3.63, 3.8) is 0 Å². The summed E-state index contributed by atoms with van der Waals surface area (Å²) in [5.74, 6) is 0.325. The van der Waals surface area contributed by atoms with Crippen molar-refractivity contribution in [2.45, 2.75) is 26.0 Å². The van der Waals surface area contributed by atoms with E-state index in [1.807, 2.05) is 31.2 Å². The van der Waals surface area contributed by atoms with Gasteiger partial charge in [0.15, 0.2) is 0 Å². The summed E-state index contributed by atoms with van der Waals surface area (Å²) >= 11 is 5.72. The lowest BCUT2D eigenvalue weighted by Crippen LogP contribution is -2.08. The zero-order valence-corrected chi connectivity index (χ0v) is 12.0. The number of nitrogens with two attached hydrogens (primary N) is 1. The summed E-state index contributed by atoms with van der Waals surface area (Å²) < 4.78 is 18.7. The van der Waals surface area contributed by atoms with E-state index in [0.29, 0.717) is 6.61 Å². The van der Waals surface area contributed by atoms with Crippen LogP contribution in [0.25, 0.3) is 0 Å². The third-order valence-corrected chi connectivity index (χ3v) is 3.43. The van der Waals surface area contributed by atoms with E-state index in [1.54, 1.807) is 12.1 Å². The Kier molecular flexibility index (Phi) is 4.99. The van der Waals surface area contributed by atoms with Gasteiger partial charge in [-0.15, -0.1) is 0 Å². The Labute approximate surface area is 123 Å². The smallest absolute Gasteiger partial charge is 0.141 e. The fourth-order valence-electron chi connectivity index (χ4n) is 1.84. The van der Waals surface area contributed by atoms with Crippen LogP contribution in [0.4, 0.5) is 4.39 Å². The van der Waals surface area contributed by atoms with E-state index in [-0.39, 0.29) is 11.1 Å². The maximum absolute atomic E-state index is 13.0. The van der Waals surface area contributed by atoms with Gasteiger partial charge in [0, 0.05) is 6.04 Å². The molecule has 2 aromatic rings. The molecule has 0 unspecified atom stereocenters. The molecule has 0 bridgehead atoms. The Morgan fingerprint density at radius 3 is 2.50 bits per heavy atom. The zero-order chi connectivity index (χ0) is 14.5. The van der Waals surface area contributed by atoms with Gasteiger partial charge in [0.2, 0.25) is 0 Å². The van der Waals surface area contributed by atoms with Gasteiger partial charge in [-0.25, -0.2) is 4.39 Å². The van der Waals surface area contributed by atoms with Crippen LogP contribution in [-0.2, 0) is 6.61 Å². The first-order chi connectivity index (χ1) is 9.60. The van der Waals surface area contributed by atoms with E-state index in [9.17, 15) is 4.39 Å². The molecule has 0 saturated carbocycles. The molecule has 0 heterocycles. The van der Waals surface area contributed by atoms with Gasteiger partial charge in [0.25, 0.3) is 0 Å². The summed E-state index contributed by atoms with van der Waals surface area (Å²) in [6.07, 6.45) is 0.897. The van der Waals surface area contributed by atoms with Crippen LogP contribution in [0.1, 0.15) is 30.5 Å². The Balaban J connectivity index is 1.98. The van der Waals surface area contributed by atoms with E-state index in [0.717, 1.165) is 23.3 Å². The second-order valence-electron chi connectivity index (χ2n) is 4.62. The molecule has 0 spiro atoms. The molecule has 2 rings (SSSR count). The van der Waals surface area contributed by atoms with Crippen molar-refractivity contribution in [2.75, 3.05) is 0 Å². The number of rotatable bonds is 5. The molecule has 0 fully saturated rings. The highest BCUT2D eigenvalue weighted by molar-refractivity contribution is 6.30. The van der Waals surface area contributed by atoms with E-state index < -0.39 is 5.82 Å². The van der Waals surface area contributed by atoms with Crippen LogP contribution in [0.3, 0.4) is 0 Å². The fraction of sp³-hybridized carbons (Fsp3) is 0.250. The van der Waals surface area contributed by atoms with Crippen molar-refractivity contribution in [2.24, 2.45) is 5.73 Å². The average Bonchev–Trinajstić information content (AvgIpc) is 2.48. The van der Waals surface area contributed by atoms with Gasteiger partial charge in [-0.1, -0.05) is 36.7 Å². The van der Waals surface area contributed by atoms with Crippen LogP contribution >= 0.6 is 11.6 Å². The lowest BCUT2D eigenvalue weighted by molar-refractivity contribution is 0.306. The van der Waals surface area contributed by atoms with Gasteiger partial charge in [0.1, 0.15) is 18.2 Å². The van der Waals surface area contributed by atoms with Crippen molar-refractivity contribution < 1.29 is 9.13 Å². The standard InChI is InChI=1S/C16H17ClFNO/c1-2-16(19)12-4-6-13(7-5-12)20-10-11-3-8-15(18)14(17)9-11/h3-9,16H,2,10,19H2,1H3/t16-/m0/s1. The molecule has 2 aromatic carbocycles. The molecule has 20 heavy (non-hydrogen) atoms. The van der Waals surface area contributed by atoms with Crippen molar-refractivity contribution in [1.29, 1.82) is 0 Å². The van der Waals surface area contributed by atoms with Gasteiger partial charge in [-0.3, -0.25) is 0 Å². The van der Waals surface area contributed by atoms with Crippen molar-refractivity contribution in [3.8, 4) is 5.75 Å². The minimum atomic E-state index is -0.423. The van der Waals surface area contributed by atoms with Crippen LogP contribution in [0, 0.1) is 5.82 Å². The van der Waals surface area contributed by atoms with E-state index >= 15 is 0 Å². The first-order valence-corrected chi connectivity index (χ1v) is 6.90. The number of ether oxygens (including phenoxy) is 1. The summed E-state index contributed by atoms with van der Waals surface area (Å²) in [5, 5.41) is 0.107. The largest absolute Gasteiger partial charge is 0.489 e. The molecule has 106 valence electrons. The molecule has 4 heteroatoms. The average molecular weight is 294 g/mol. The lowest BCUT2D eigenvalue weighted by atomic mass is 10.1. The van der Waals surface area contributed by atoms with Crippen LogP contribution < -0.4 is 10.5 Å². The Morgan fingerprint density at radius 2 is 1.90 bits per heavy atom. The minimum Gasteiger partial charge on any atom is -0.489 e. The quantitative estimate of drug-likeness (QED) is 0.883. The monoisotopic (exact) mass is 293 g/mol. The maximum Gasteiger partial charge on any atom is 0.141 e. The number of hydrogen-bond donors (Lipinski definition) is 1. The second-order valence-corrected chi connectivity index (χ2v) is 5.03. The van der Waals surface area contributed by atoms with Crippen LogP contribution in [-0.4, -0.2) is 0 Å². The first-order valence-electron chi connectivity index (χ1n) is 6.52. The molecule has 1 atom stereocenters. The van der Waals surface area contributed by atoms with Crippen molar-refractivity contribution >= 4 is 11.6 Å². The first kappa shape index (κ1) is 14.8. The molecule has 2 N–H and O–H groups in total. The van der Waals surface area contributed by atoms with E-state index in [1.165, 1.54) is 6.07 Å². The van der Waals surface area contributed by atoms with Gasteiger partial charge in [-0.05, 0) is 41.8 Å². The third kappa shape index (κ3) is 3.71. The molecular weight excluding hydrogens is 277 g/mol.